The summed E-state index contributed by atoms with van der Waals surface area (Å²) in [4.78, 5) is 12.8. The number of rotatable bonds is 3. The van der Waals surface area contributed by atoms with Gasteiger partial charge in [-0.1, -0.05) is 0 Å². The molecule has 0 saturated heterocycles. The van der Waals surface area contributed by atoms with Crippen molar-refractivity contribution in [2.75, 3.05) is 5.44 Å². The van der Waals surface area contributed by atoms with E-state index in [2.05, 4.69) is 11.9 Å². The van der Waals surface area contributed by atoms with Crippen molar-refractivity contribution in [1.82, 2.24) is 0 Å². The predicted octanol–water partition coefficient (Wildman–Crippen LogP) is 0.422. The van der Waals surface area contributed by atoms with Crippen molar-refractivity contribution < 1.29 is 4.79 Å². The fourth-order valence-electron chi connectivity index (χ4n) is 0.163. The molecular weight excluding hydrogens is 157 g/mol. The fraction of sp³-hybridized carbons (Fsp3) is 0.750. The number of isocyanates is 1. The summed E-state index contributed by atoms with van der Waals surface area (Å²) in [6.45, 7) is 2.08. The Morgan fingerprint density at radius 3 is 3.00 bits per heavy atom. The Kier molecular flexibility index (Phi) is 5.81. The Bertz CT molecular complexity index is 77.8. The average Bonchev–Trinajstić information content (AvgIpc) is 1.69. The Morgan fingerprint density at radius 2 is 2.57 bits per heavy atom. The van der Waals surface area contributed by atoms with Gasteiger partial charge in [0.05, 0.1) is 0 Å². The van der Waals surface area contributed by atoms with Gasteiger partial charge in [-0.15, -0.1) is 0 Å². The molecule has 0 heterocycles. The quantitative estimate of drug-likeness (QED) is 0.257. The molecular formula is C4H7NOSe. The van der Waals surface area contributed by atoms with Crippen molar-refractivity contribution in [1.29, 1.82) is 0 Å². The molecule has 0 aromatic rings. The summed E-state index contributed by atoms with van der Waals surface area (Å²) in [6, 6.07) is 0. The second-order valence-corrected chi connectivity index (χ2v) is 3.48. The van der Waals surface area contributed by atoms with Crippen molar-refractivity contribution in [3.8, 4) is 0 Å². The molecule has 0 aliphatic heterocycles. The summed E-state index contributed by atoms with van der Waals surface area (Å²) >= 11 is 0.539. The van der Waals surface area contributed by atoms with Gasteiger partial charge in [0.1, 0.15) is 0 Å². The van der Waals surface area contributed by atoms with Crippen molar-refractivity contribution >= 4 is 21.0 Å². The molecule has 40 valence electrons. The van der Waals surface area contributed by atoms with E-state index in [1.165, 1.54) is 6.08 Å². The third-order valence-electron chi connectivity index (χ3n) is 0.425. The number of aliphatic imine (C=N–C) groups is 1. The van der Waals surface area contributed by atoms with Gasteiger partial charge in [-0.3, -0.25) is 0 Å². The van der Waals surface area contributed by atoms with Gasteiger partial charge in [-0.05, 0) is 0 Å². The van der Waals surface area contributed by atoms with Crippen LogP contribution in [0, 0.1) is 0 Å². The summed E-state index contributed by atoms with van der Waals surface area (Å²) < 4.78 is 0. The minimum atomic E-state index is 0.539. The van der Waals surface area contributed by atoms with E-state index in [-0.39, 0.29) is 0 Å². The van der Waals surface area contributed by atoms with E-state index in [1.807, 2.05) is 0 Å². The molecule has 0 atom stereocenters. The number of hydrogen-bond acceptors (Lipinski definition) is 2. The van der Waals surface area contributed by atoms with Crippen LogP contribution >= 0.6 is 0 Å². The molecule has 0 aromatic carbocycles. The normalized spacial score (nSPS) is 7.57. The summed E-state index contributed by atoms with van der Waals surface area (Å²) in [5, 5.41) is 1.15. The predicted molar refractivity (Wildman–Crippen MR) is 29.2 cm³/mol. The van der Waals surface area contributed by atoms with Crippen LogP contribution in [0.25, 0.3) is 0 Å². The minimum absolute atomic E-state index is 0.539. The molecule has 0 radical (unpaired) electrons. The molecule has 0 aliphatic carbocycles. The average molecular weight is 164 g/mol. The topological polar surface area (TPSA) is 29.4 Å². The second-order valence-electron chi connectivity index (χ2n) is 0.871. The van der Waals surface area contributed by atoms with Crippen LogP contribution in [0.2, 0.25) is 5.32 Å². The third-order valence-corrected chi connectivity index (χ3v) is 1.93. The van der Waals surface area contributed by atoms with E-state index in [0.717, 1.165) is 5.32 Å². The summed E-state index contributed by atoms with van der Waals surface area (Å²) in [7, 11) is 0. The van der Waals surface area contributed by atoms with Crippen molar-refractivity contribution in [2.24, 2.45) is 4.99 Å². The van der Waals surface area contributed by atoms with Gasteiger partial charge in [0.25, 0.3) is 0 Å². The first-order chi connectivity index (χ1) is 3.41. The molecule has 0 spiro atoms. The van der Waals surface area contributed by atoms with Gasteiger partial charge in [0.2, 0.25) is 0 Å². The van der Waals surface area contributed by atoms with Crippen LogP contribution < -0.4 is 0 Å². The van der Waals surface area contributed by atoms with E-state index in [4.69, 9.17) is 0 Å². The van der Waals surface area contributed by atoms with Crippen molar-refractivity contribution in [3.05, 3.63) is 0 Å². The van der Waals surface area contributed by atoms with Gasteiger partial charge in [0, 0.05) is 0 Å². The van der Waals surface area contributed by atoms with Gasteiger partial charge in [-0.2, -0.15) is 0 Å². The van der Waals surface area contributed by atoms with Crippen LogP contribution in [0.3, 0.4) is 0 Å². The standard InChI is InChI=1S/C4H7NOSe/c1-2-7-4-5-3-6/h2,4H2,1H3. The van der Waals surface area contributed by atoms with E-state index in [9.17, 15) is 4.79 Å². The molecule has 7 heavy (non-hydrogen) atoms. The zero-order valence-corrected chi connectivity index (χ0v) is 5.89. The second kappa shape index (κ2) is 5.90. The van der Waals surface area contributed by atoms with Crippen LogP contribution in [0.4, 0.5) is 0 Å². The fourth-order valence-corrected chi connectivity index (χ4v) is 0.848. The molecule has 0 bridgehead atoms. The van der Waals surface area contributed by atoms with Crippen LogP contribution in [0.5, 0.6) is 0 Å². The Morgan fingerprint density at radius 1 is 1.86 bits per heavy atom. The molecule has 2 nitrogen and oxygen atoms in total. The van der Waals surface area contributed by atoms with Gasteiger partial charge >= 0.3 is 48.5 Å². The third kappa shape index (κ3) is 5.90. The van der Waals surface area contributed by atoms with Gasteiger partial charge in [-0.25, -0.2) is 0 Å². The summed E-state index contributed by atoms with van der Waals surface area (Å²) in [5.74, 6) is 0. The van der Waals surface area contributed by atoms with Crippen LogP contribution in [0.15, 0.2) is 4.99 Å². The van der Waals surface area contributed by atoms with E-state index < -0.39 is 0 Å². The maximum absolute atomic E-state index is 9.40. The molecule has 0 N–H and O–H groups in total. The maximum atomic E-state index is 9.40. The molecule has 0 saturated carbocycles. The number of hydrogen-bond donors (Lipinski definition) is 0. The molecule has 0 aliphatic rings. The summed E-state index contributed by atoms with van der Waals surface area (Å²) in [6.07, 6.45) is 1.49. The van der Waals surface area contributed by atoms with Crippen LogP contribution in [0.1, 0.15) is 6.92 Å². The van der Waals surface area contributed by atoms with Crippen molar-refractivity contribution in [2.45, 2.75) is 12.2 Å². The van der Waals surface area contributed by atoms with Crippen molar-refractivity contribution in [3.63, 3.8) is 0 Å². The molecule has 0 rings (SSSR count). The van der Waals surface area contributed by atoms with Crippen LogP contribution in [-0.4, -0.2) is 26.5 Å². The zero-order valence-electron chi connectivity index (χ0n) is 4.18. The summed E-state index contributed by atoms with van der Waals surface area (Å²) in [5.41, 5.74) is 0.701. The molecule has 0 fully saturated rings. The zero-order chi connectivity index (χ0) is 5.54. The molecule has 0 amide bonds. The molecule has 0 unspecified atom stereocenters. The first-order valence-corrected chi connectivity index (χ1v) is 4.45. The van der Waals surface area contributed by atoms with Gasteiger partial charge < -0.3 is 0 Å². The first-order valence-electron chi connectivity index (χ1n) is 2.03. The first kappa shape index (κ1) is 6.90. The SMILES string of the molecule is CC[Se]CN=C=O. The number of carbonyl (C=O) groups excluding carboxylic acids is 1. The van der Waals surface area contributed by atoms with E-state index in [1.54, 1.807) is 0 Å². The van der Waals surface area contributed by atoms with Crippen LogP contribution in [-0.2, 0) is 4.79 Å². The number of nitrogens with zero attached hydrogens (tertiary/aromatic N) is 1. The van der Waals surface area contributed by atoms with E-state index >= 15 is 0 Å². The molecule has 3 heteroatoms. The Hall–Kier alpha value is -0.101. The molecule has 0 aromatic heterocycles. The van der Waals surface area contributed by atoms with Gasteiger partial charge in [0.15, 0.2) is 0 Å². The monoisotopic (exact) mass is 165 g/mol. The van der Waals surface area contributed by atoms with E-state index in [0.29, 0.717) is 20.4 Å². The Labute approximate surface area is 49.2 Å². The Balaban J connectivity index is 2.83.